The first-order valence-electron chi connectivity index (χ1n) is 14.7. The lowest BCUT2D eigenvalue weighted by atomic mass is 10.0. The van der Waals surface area contributed by atoms with Crippen LogP contribution in [0, 0.1) is 13.8 Å². The van der Waals surface area contributed by atoms with Crippen LogP contribution in [0.1, 0.15) is 56.6 Å². The number of hydrogen-bond donors (Lipinski definition) is 0. The summed E-state index contributed by atoms with van der Waals surface area (Å²) in [6, 6.07) is 28.6. The molecule has 0 amide bonds. The van der Waals surface area contributed by atoms with Gasteiger partial charge in [0.15, 0.2) is 17.5 Å². The molecular formula is C36H38N4O. The molecule has 0 saturated heterocycles. The van der Waals surface area contributed by atoms with Crippen LogP contribution in [-0.2, 0) is 0 Å². The third kappa shape index (κ3) is 7.43. The zero-order chi connectivity index (χ0) is 28.4. The van der Waals surface area contributed by atoms with Gasteiger partial charge in [0.2, 0.25) is 0 Å². The second-order valence-electron chi connectivity index (χ2n) is 10.6. The van der Waals surface area contributed by atoms with E-state index in [0.717, 1.165) is 40.1 Å². The van der Waals surface area contributed by atoms with Gasteiger partial charge in [0.25, 0.3) is 0 Å². The lowest BCUT2D eigenvalue weighted by Crippen LogP contribution is -2.02. The normalized spacial score (nSPS) is 11.0. The molecule has 0 saturated carbocycles. The van der Waals surface area contributed by atoms with E-state index >= 15 is 0 Å². The quantitative estimate of drug-likeness (QED) is 0.147. The minimum Gasteiger partial charge on any atom is -0.494 e. The van der Waals surface area contributed by atoms with E-state index in [1.54, 1.807) is 0 Å². The Balaban J connectivity index is 1.53. The molecule has 2 aromatic heterocycles. The van der Waals surface area contributed by atoms with Gasteiger partial charge >= 0.3 is 0 Å². The smallest absolute Gasteiger partial charge is 0.164 e. The highest BCUT2D eigenvalue weighted by Crippen LogP contribution is 2.34. The van der Waals surface area contributed by atoms with E-state index in [1.165, 1.54) is 43.2 Å². The highest BCUT2D eigenvalue weighted by atomic mass is 16.5. The van der Waals surface area contributed by atoms with Gasteiger partial charge in [0, 0.05) is 28.5 Å². The minimum absolute atomic E-state index is 0.606. The molecule has 0 aliphatic rings. The van der Waals surface area contributed by atoms with Crippen LogP contribution in [0.5, 0.6) is 5.75 Å². The van der Waals surface area contributed by atoms with Crippen molar-refractivity contribution in [2.75, 3.05) is 6.61 Å². The fourth-order valence-corrected chi connectivity index (χ4v) is 4.77. The maximum absolute atomic E-state index is 6.19. The summed E-state index contributed by atoms with van der Waals surface area (Å²) in [5.41, 5.74) is 6.95. The Hall–Kier alpha value is -4.38. The molecule has 0 N–H and O–H groups in total. The van der Waals surface area contributed by atoms with E-state index in [-0.39, 0.29) is 0 Å². The Morgan fingerprint density at radius 2 is 1.20 bits per heavy atom. The topological polar surface area (TPSA) is 60.8 Å². The van der Waals surface area contributed by atoms with Crippen molar-refractivity contribution < 1.29 is 4.74 Å². The molecule has 41 heavy (non-hydrogen) atoms. The lowest BCUT2D eigenvalue weighted by Gasteiger charge is -2.14. The second-order valence-corrected chi connectivity index (χ2v) is 10.6. The van der Waals surface area contributed by atoms with Crippen LogP contribution in [-0.4, -0.2) is 26.5 Å². The monoisotopic (exact) mass is 542 g/mol. The Kier molecular flexibility index (Phi) is 9.48. The van der Waals surface area contributed by atoms with Gasteiger partial charge in [-0.25, -0.2) is 15.0 Å². The van der Waals surface area contributed by atoms with Crippen molar-refractivity contribution in [1.82, 2.24) is 19.9 Å². The number of pyridine rings is 1. The molecule has 0 bridgehead atoms. The van der Waals surface area contributed by atoms with Crippen LogP contribution in [0.3, 0.4) is 0 Å². The van der Waals surface area contributed by atoms with Gasteiger partial charge in [-0.15, -0.1) is 0 Å². The molecule has 0 radical (unpaired) electrons. The maximum atomic E-state index is 6.19. The zero-order valence-electron chi connectivity index (χ0n) is 24.3. The van der Waals surface area contributed by atoms with E-state index in [9.17, 15) is 0 Å². The second kappa shape index (κ2) is 13.8. The van der Waals surface area contributed by atoms with E-state index in [0.29, 0.717) is 24.1 Å². The van der Waals surface area contributed by atoms with E-state index in [4.69, 9.17) is 19.7 Å². The fraction of sp³-hybridized carbons (Fsp3) is 0.278. The molecule has 5 aromatic rings. The average Bonchev–Trinajstić information content (AvgIpc) is 3.01. The molecule has 208 valence electrons. The third-order valence-corrected chi connectivity index (χ3v) is 7.19. The third-order valence-electron chi connectivity index (χ3n) is 7.19. The average molecular weight is 543 g/mol. The summed E-state index contributed by atoms with van der Waals surface area (Å²) in [5.74, 6) is 2.71. The summed E-state index contributed by atoms with van der Waals surface area (Å²) in [7, 11) is 0. The molecule has 3 aromatic carbocycles. The van der Waals surface area contributed by atoms with Gasteiger partial charge in [-0.1, -0.05) is 105 Å². The van der Waals surface area contributed by atoms with Gasteiger partial charge in [0.1, 0.15) is 5.75 Å². The molecule has 5 rings (SSSR count). The SMILES string of the molecule is CCCCCCCCOc1ccc(-c2nc(-c3ccc(C)cc3)nc(-c3ccc(C)cc3)n2)c(-c2ccccn2)c1. The van der Waals surface area contributed by atoms with Crippen molar-refractivity contribution in [3.63, 3.8) is 0 Å². The van der Waals surface area contributed by atoms with Gasteiger partial charge in [-0.3, -0.25) is 4.98 Å². The van der Waals surface area contributed by atoms with Crippen molar-refractivity contribution in [3.8, 4) is 51.2 Å². The van der Waals surface area contributed by atoms with Crippen molar-refractivity contribution >= 4 is 0 Å². The van der Waals surface area contributed by atoms with Crippen molar-refractivity contribution in [2.45, 2.75) is 59.3 Å². The Labute approximate surface area is 243 Å². The van der Waals surface area contributed by atoms with Crippen LogP contribution in [0.2, 0.25) is 0 Å². The zero-order valence-corrected chi connectivity index (χ0v) is 24.3. The lowest BCUT2D eigenvalue weighted by molar-refractivity contribution is 0.304. The van der Waals surface area contributed by atoms with Gasteiger partial charge in [0.05, 0.1) is 12.3 Å². The van der Waals surface area contributed by atoms with Gasteiger partial charge in [-0.05, 0) is 50.6 Å². The Morgan fingerprint density at radius 3 is 1.80 bits per heavy atom. The summed E-state index contributed by atoms with van der Waals surface area (Å²) in [5, 5.41) is 0. The van der Waals surface area contributed by atoms with Crippen LogP contribution in [0.15, 0.2) is 91.1 Å². The number of benzene rings is 3. The first-order valence-corrected chi connectivity index (χ1v) is 14.7. The number of unbranched alkanes of at least 4 members (excludes halogenated alkanes) is 5. The molecular weight excluding hydrogens is 504 g/mol. The Morgan fingerprint density at radius 1 is 0.585 bits per heavy atom. The maximum Gasteiger partial charge on any atom is 0.164 e. The summed E-state index contributed by atoms with van der Waals surface area (Å²) >= 11 is 0. The molecule has 0 atom stereocenters. The van der Waals surface area contributed by atoms with Crippen LogP contribution in [0.25, 0.3) is 45.4 Å². The largest absolute Gasteiger partial charge is 0.494 e. The number of aromatic nitrogens is 4. The van der Waals surface area contributed by atoms with E-state index < -0.39 is 0 Å². The summed E-state index contributed by atoms with van der Waals surface area (Å²) in [6.07, 6.45) is 9.20. The first kappa shape index (κ1) is 28.2. The van der Waals surface area contributed by atoms with Crippen molar-refractivity contribution in [1.29, 1.82) is 0 Å². The standard InChI is InChI=1S/C36H38N4O/c1-4-5-6-7-8-11-24-41-30-21-22-31(32(25-30)33-12-9-10-23-37-33)36-39-34(28-17-13-26(2)14-18-28)38-35(40-36)29-19-15-27(3)16-20-29/h9-10,12-23,25H,4-8,11,24H2,1-3H3. The van der Waals surface area contributed by atoms with E-state index in [1.807, 2.05) is 36.5 Å². The van der Waals surface area contributed by atoms with E-state index in [2.05, 4.69) is 80.4 Å². The number of hydrogen-bond acceptors (Lipinski definition) is 5. The fourth-order valence-electron chi connectivity index (χ4n) is 4.77. The molecule has 0 aliphatic carbocycles. The van der Waals surface area contributed by atoms with Gasteiger partial charge < -0.3 is 4.74 Å². The van der Waals surface area contributed by atoms with Crippen LogP contribution in [0.4, 0.5) is 0 Å². The molecule has 0 spiro atoms. The Bertz CT molecular complexity index is 1480. The summed E-state index contributed by atoms with van der Waals surface area (Å²) in [4.78, 5) is 19.5. The number of aryl methyl sites for hydroxylation is 2. The molecule has 2 heterocycles. The van der Waals surface area contributed by atoms with Crippen LogP contribution >= 0.6 is 0 Å². The molecule has 0 aliphatic heterocycles. The van der Waals surface area contributed by atoms with Crippen molar-refractivity contribution in [3.05, 3.63) is 102 Å². The first-order chi connectivity index (χ1) is 20.1. The molecule has 0 fully saturated rings. The minimum atomic E-state index is 0.606. The number of rotatable bonds is 12. The summed E-state index contributed by atoms with van der Waals surface area (Å²) in [6.45, 7) is 7.11. The van der Waals surface area contributed by atoms with Crippen LogP contribution < -0.4 is 4.74 Å². The predicted octanol–water partition coefficient (Wildman–Crippen LogP) is 9.29. The van der Waals surface area contributed by atoms with Gasteiger partial charge in [-0.2, -0.15) is 0 Å². The van der Waals surface area contributed by atoms with Crippen molar-refractivity contribution in [2.24, 2.45) is 0 Å². The summed E-state index contributed by atoms with van der Waals surface area (Å²) < 4.78 is 6.19. The molecule has 5 heteroatoms. The predicted molar refractivity (Wildman–Crippen MR) is 168 cm³/mol. The number of ether oxygens (including phenoxy) is 1. The number of nitrogens with zero attached hydrogens (tertiary/aromatic N) is 4. The highest BCUT2D eigenvalue weighted by Gasteiger charge is 2.17. The highest BCUT2D eigenvalue weighted by molar-refractivity contribution is 5.81. The molecule has 0 unspecified atom stereocenters. The molecule has 5 nitrogen and oxygen atoms in total.